The van der Waals surface area contributed by atoms with Crippen molar-refractivity contribution >= 4 is 10.9 Å². The number of fused-ring (bicyclic) bond motifs is 1. The maximum atomic E-state index is 5.93. The highest BCUT2D eigenvalue weighted by Gasteiger charge is 2.17. The SMILES string of the molecule is CC(CCc1ccc(OCc2ccc3ccccc3n2)cc1)N1CCCC1. The van der Waals surface area contributed by atoms with E-state index >= 15 is 0 Å². The summed E-state index contributed by atoms with van der Waals surface area (Å²) in [6, 6.07) is 21.5. The van der Waals surface area contributed by atoms with Crippen LogP contribution in [0.2, 0.25) is 0 Å². The van der Waals surface area contributed by atoms with Crippen LogP contribution in [-0.4, -0.2) is 29.0 Å². The molecule has 3 aromatic rings. The Hall–Kier alpha value is -2.39. The van der Waals surface area contributed by atoms with Crippen LogP contribution in [0.25, 0.3) is 10.9 Å². The van der Waals surface area contributed by atoms with Crippen LogP contribution in [0.5, 0.6) is 5.75 Å². The zero-order valence-electron chi connectivity index (χ0n) is 16.1. The highest BCUT2D eigenvalue weighted by molar-refractivity contribution is 5.78. The quantitative estimate of drug-likeness (QED) is 0.577. The molecule has 4 rings (SSSR count). The first-order valence-corrected chi connectivity index (χ1v) is 10.1. The molecule has 0 spiro atoms. The van der Waals surface area contributed by atoms with Crippen molar-refractivity contribution in [3.8, 4) is 5.75 Å². The standard InChI is InChI=1S/C24H28N2O/c1-19(26-16-4-5-17-26)8-9-20-10-14-23(15-11-20)27-18-22-13-12-21-6-2-3-7-24(21)25-22/h2-3,6-7,10-15,19H,4-5,8-9,16-18H2,1H3. The van der Waals surface area contributed by atoms with Crippen molar-refractivity contribution in [3.63, 3.8) is 0 Å². The number of aromatic nitrogens is 1. The number of hydrogen-bond acceptors (Lipinski definition) is 3. The van der Waals surface area contributed by atoms with Crippen molar-refractivity contribution in [2.24, 2.45) is 0 Å². The second-order valence-corrected chi connectivity index (χ2v) is 7.56. The van der Waals surface area contributed by atoms with Crippen LogP contribution >= 0.6 is 0 Å². The van der Waals surface area contributed by atoms with E-state index in [9.17, 15) is 0 Å². The van der Waals surface area contributed by atoms with Gasteiger partial charge in [-0.15, -0.1) is 0 Å². The average molecular weight is 361 g/mol. The summed E-state index contributed by atoms with van der Waals surface area (Å²) in [5.74, 6) is 0.904. The van der Waals surface area contributed by atoms with Gasteiger partial charge in [-0.2, -0.15) is 0 Å². The Bertz CT molecular complexity index is 869. The molecule has 0 aliphatic carbocycles. The number of rotatable bonds is 7. The van der Waals surface area contributed by atoms with Gasteiger partial charge in [0, 0.05) is 11.4 Å². The summed E-state index contributed by atoms with van der Waals surface area (Å²) >= 11 is 0. The molecule has 0 amide bonds. The van der Waals surface area contributed by atoms with E-state index < -0.39 is 0 Å². The van der Waals surface area contributed by atoms with Gasteiger partial charge in [0.1, 0.15) is 12.4 Å². The van der Waals surface area contributed by atoms with Gasteiger partial charge in [0.2, 0.25) is 0 Å². The van der Waals surface area contributed by atoms with Crippen LogP contribution in [-0.2, 0) is 13.0 Å². The molecule has 27 heavy (non-hydrogen) atoms. The molecule has 1 aliphatic heterocycles. The third-order valence-electron chi connectivity index (χ3n) is 5.58. The summed E-state index contributed by atoms with van der Waals surface area (Å²) < 4.78 is 5.93. The topological polar surface area (TPSA) is 25.4 Å². The minimum absolute atomic E-state index is 0.496. The van der Waals surface area contributed by atoms with Crippen LogP contribution < -0.4 is 4.74 Å². The molecule has 1 unspecified atom stereocenters. The summed E-state index contributed by atoms with van der Waals surface area (Å²) in [4.78, 5) is 7.28. The Morgan fingerprint density at radius 1 is 0.963 bits per heavy atom. The molecule has 1 atom stereocenters. The summed E-state index contributed by atoms with van der Waals surface area (Å²) in [5, 5.41) is 1.16. The second kappa shape index (κ2) is 8.53. The number of likely N-dealkylation sites (tertiary alicyclic amines) is 1. The van der Waals surface area contributed by atoms with Crippen molar-refractivity contribution in [2.75, 3.05) is 13.1 Å². The van der Waals surface area contributed by atoms with Crippen LogP contribution in [0.1, 0.15) is 37.4 Å². The maximum absolute atomic E-state index is 5.93. The highest BCUT2D eigenvalue weighted by Crippen LogP contribution is 2.19. The molecule has 0 saturated carbocycles. The van der Waals surface area contributed by atoms with Crippen molar-refractivity contribution in [1.82, 2.24) is 9.88 Å². The number of nitrogens with zero attached hydrogens (tertiary/aromatic N) is 2. The Balaban J connectivity index is 1.29. The van der Waals surface area contributed by atoms with Gasteiger partial charge in [-0.05, 0) is 75.5 Å². The van der Waals surface area contributed by atoms with Gasteiger partial charge in [0.05, 0.1) is 11.2 Å². The molecule has 0 N–H and O–H groups in total. The number of aryl methyl sites for hydroxylation is 1. The van der Waals surface area contributed by atoms with E-state index in [1.165, 1.54) is 37.9 Å². The second-order valence-electron chi connectivity index (χ2n) is 7.56. The first-order chi connectivity index (χ1) is 13.3. The lowest BCUT2D eigenvalue weighted by Gasteiger charge is -2.23. The molecular formula is C24H28N2O. The fraction of sp³-hybridized carbons (Fsp3) is 0.375. The number of para-hydroxylation sites is 1. The number of pyridine rings is 1. The molecule has 2 aromatic carbocycles. The maximum Gasteiger partial charge on any atom is 0.130 e. The lowest BCUT2D eigenvalue weighted by atomic mass is 10.1. The molecule has 0 bridgehead atoms. The predicted octanol–water partition coefficient (Wildman–Crippen LogP) is 5.23. The third-order valence-corrected chi connectivity index (χ3v) is 5.58. The van der Waals surface area contributed by atoms with Crippen LogP contribution in [0.15, 0.2) is 60.7 Å². The van der Waals surface area contributed by atoms with Crippen molar-refractivity contribution < 1.29 is 4.74 Å². The molecule has 1 saturated heterocycles. The van der Waals surface area contributed by atoms with Gasteiger partial charge in [-0.1, -0.05) is 36.4 Å². The average Bonchev–Trinajstić information content (AvgIpc) is 3.26. The van der Waals surface area contributed by atoms with Crippen LogP contribution in [0.4, 0.5) is 0 Å². The normalized spacial score (nSPS) is 15.9. The minimum Gasteiger partial charge on any atom is -0.487 e. The van der Waals surface area contributed by atoms with Gasteiger partial charge in [0.15, 0.2) is 0 Å². The Labute approximate surface area is 162 Å². The first kappa shape index (κ1) is 18.0. The fourth-order valence-electron chi connectivity index (χ4n) is 3.84. The van der Waals surface area contributed by atoms with E-state index in [1.807, 2.05) is 24.3 Å². The van der Waals surface area contributed by atoms with Gasteiger partial charge < -0.3 is 9.64 Å². The van der Waals surface area contributed by atoms with Gasteiger partial charge in [-0.3, -0.25) is 0 Å². The molecule has 1 aromatic heterocycles. The Morgan fingerprint density at radius 3 is 2.56 bits per heavy atom. The predicted molar refractivity (Wildman–Crippen MR) is 111 cm³/mol. The fourth-order valence-corrected chi connectivity index (χ4v) is 3.84. The lowest BCUT2D eigenvalue weighted by molar-refractivity contribution is 0.247. The van der Waals surface area contributed by atoms with E-state index in [2.05, 4.69) is 53.2 Å². The van der Waals surface area contributed by atoms with Gasteiger partial charge in [0.25, 0.3) is 0 Å². The summed E-state index contributed by atoms with van der Waals surface area (Å²) in [5.41, 5.74) is 3.36. The summed E-state index contributed by atoms with van der Waals surface area (Å²) in [7, 11) is 0. The summed E-state index contributed by atoms with van der Waals surface area (Å²) in [6.45, 7) is 5.41. The van der Waals surface area contributed by atoms with E-state index in [-0.39, 0.29) is 0 Å². The monoisotopic (exact) mass is 360 g/mol. The Kier molecular flexibility index (Phi) is 5.69. The third kappa shape index (κ3) is 4.67. The van der Waals surface area contributed by atoms with Crippen molar-refractivity contribution in [1.29, 1.82) is 0 Å². The van der Waals surface area contributed by atoms with E-state index in [0.717, 1.165) is 28.8 Å². The molecule has 2 heterocycles. The van der Waals surface area contributed by atoms with E-state index in [4.69, 9.17) is 4.74 Å². The van der Waals surface area contributed by atoms with E-state index in [1.54, 1.807) is 0 Å². The zero-order chi connectivity index (χ0) is 18.5. The van der Waals surface area contributed by atoms with E-state index in [0.29, 0.717) is 12.6 Å². The zero-order valence-corrected chi connectivity index (χ0v) is 16.1. The number of ether oxygens (including phenoxy) is 1. The van der Waals surface area contributed by atoms with Gasteiger partial charge in [-0.25, -0.2) is 4.98 Å². The largest absolute Gasteiger partial charge is 0.487 e. The smallest absolute Gasteiger partial charge is 0.130 e. The highest BCUT2D eigenvalue weighted by atomic mass is 16.5. The molecule has 3 heteroatoms. The van der Waals surface area contributed by atoms with Gasteiger partial charge >= 0.3 is 0 Å². The van der Waals surface area contributed by atoms with Crippen LogP contribution in [0, 0.1) is 0 Å². The summed E-state index contributed by atoms with van der Waals surface area (Å²) in [6.07, 6.45) is 5.08. The molecule has 0 radical (unpaired) electrons. The number of hydrogen-bond donors (Lipinski definition) is 0. The van der Waals surface area contributed by atoms with Crippen molar-refractivity contribution in [2.45, 2.75) is 45.3 Å². The molecule has 140 valence electrons. The van der Waals surface area contributed by atoms with Crippen molar-refractivity contribution in [3.05, 3.63) is 71.9 Å². The Morgan fingerprint density at radius 2 is 1.74 bits per heavy atom. The first-order valence-electron chi connectivity index (χ1n) is 10.1. The number of benzene rings is 2. The molecular weight excluding hydrogens is 332 g/mol. The van der Waals surface area contributed by atoms with Crippen LogP contribution in [0.3, 0.4) is 0 Å². The lowest BCUT2D eigenvalue weighted by Crippen LogP contribution is -2.30. The molecule has 1 aliphatic rings. The molecule has 1 fully saturated rings. The minimum atomic E-state index is 0.496. The molecule has 3 nitrogen and oxygen atoms in total.